The minimum atomic E-state index is -0.536. The Kier molecular flexibility index (Phi) is 6.21. The predicted molar refractivity (Wildman–Crippen MR) is 102 cm³/mol. The molecule has 0 unspecified atom stereocenters. The zero-order valence-corrected chi connectivity index (χ0v) is 15.7. The fourth-order valence-electron chi connectivity index (χ4n) is 2.16. The molecule has 3 nitrogen and oxygen atoms in total. The van der Waals surface area contributed by atoms with E-state index in [0.717, 1.165) is 15.6 Å². The molecule has 24 heavy (non-hydrogen) atoms. The number of ether oxygens (including phenoxy) is 1. The maximum atomic E-state index is 12.2. The summed E-state index contributed by atoms with van der Waals surface area (Å²) in [6.07, 6.45) is 3.50. The monoisotopic (exact) mass is 387 g/mol. The molecule has 2 aromatic carbocycles. The maximum absolute atomic E-state index is 12.2. The van der Waals surface area contributed by atoms with Gasteiger partial charge in [-0.25, -0.2) is 4.79 Å². The molecule has 2 aromatic rings. The molecule has 0 aromatic heterocycles. The molecule has 0 aliphatic rings. The van der Waals surface area contributed by atoms with Crippen LogP contribution in [0.3, 0.4) is 0 Å². The summed E-state index contributed by atoms with van der Waals surface area (Å²) in [6.45, 7) is 5.54. The van der Waals surface area contributed by atoms with E-state index in [1.165, 1.54) is 0 Å². The number of alkyl carbamates (subject to hydrolysis) is 1. The summed E-state index contributed by atoms with van der Waals surface area (Å²) in [7, 11) is 0. The van der Waals surface area contributed by atoms with Crippen molar-refractivity contribution in [3.63, 3.8) is 0 Å². The quantitative estimate of drug-likeness (QED) is 0.727. The Labute approximate surface area is 151 Å². The zero-order valence-electron chi connectivity index (χ0n) is 14.1. The van der Waals surface area contributed by atoms with Gasteiger partial charge in [0.2, 0.25) is 0 Å². The van der Waals surface area contributed by atoms with Gasteiger partial charge < -0.3 is 10.1 Å². The van der Waals surface area contributed by atoms with Gasteiger partial charge in [0, 0.05) is 4.47 Å². The lowest BCUT2D eigenvalue weighted by Crippen LogP contribution is -2.34. The van der Waals surface area contributed by atoms with Crippen molar-refractivity contribution in [3.8, 4) is 0 Å². The number of hydrogen-bond donors (Lipinski definition) is 1. The highest BCUT2D eigenvalue weighted by Crippen LogP contribution is 2.25. The molecule has 0 aliphatic heterocycles. The minimum Gasteiger partial charge on any atom is -0.444 e. The lowest BCUT2D eigenvalue weighted by molar-refractivity contribution is 0.0514. The second-order valence-corrected chi connectivity index (χ2v) is 7.27. The third kappa shape index (κ3) is 5.85. The van der Waals surface area contributed by atoms with Crippen molar-refractivity contribution in [2.24, 2.45) is 0 Å². The van der Waals surface area contributed by atoms with E-state index in [9.17, 15) is 4.79 Å². The van der Waals surface area contributed by atoms with Gasteiger partial charge in [0.25, 0.3) is 0 Å². The molecule has 1 N–H and O–H groups in total. The molecular formula is C20H22BrNO2. The Morgan fingerprint density at radius 3 is 2.33 bits per heavy atom. The molecule has 1 amide bonds. The van der Waals surface area contributed by atoms with Crippen LogP contribution in [0.4, 0.5) is 4.79 Å². The average molecular weight is 388 g/mol. The fourth-order valence-corrected chi connectivity index (χ4v) is 2.69. The van der Waals surface area contributed by atoms with Crippen molar-refractivity contribution in [3.05, 3.63) is 76.3 Å². The highest BCUT2D eigenvalue weighted by molar-refractivity contribution is 9.10. The van der Waals surface area contributed by atoms with E-state index >= 15 is 0 Å². The number of amides is 1. The van der Waals surface area contributed by atoms with Gasteiger partial charge in [-0.05, 0) is 38.0 Å². The number of carbonyl (C=O) groups excluding carboxylic acids is 1. The first-order chi connectivity index (χ1) is 11.3. The number of hydrogen-bond acceptors (Lipinski definition) is 2. The Morgan fingerprint density at radius 2 is 1.71 bits per heavy atom. The number of carbonyl (C=O) groups is 1. The van der Waals surface area contributed by atoms with Crippen molar-refractivity contribution >= 4 is 28.1 Å². The first-order valence-electron chi connectivity index (χ1n) is 7.82. The number of nitrogens with one attached hydrogen (secondary N) is 1. The summed E-state index contributed by atoms with van der Waals surface area (Å²) in [5, 5.41) is 2.92. The summed E-state index contributed by atoms with van der Waals surface area (Å²) >= 11 is 3.55. The van der Waals surface area contributed by atoms with Gasteiger partial charge in [0.05, 0.1) is 6.04 Å². The van der Waals surface area contributed by atoms with Crippen LogP contribution in [0, 0.1) is 0 Å². The van der Waals surface area contributed by atoms with Crippen LogP contribution in [0.25, 0.3) is 6.08 Å². The Bertz CT molecular complexity index is 705. The van der Waals surface area contributed by atoms with Gasteiger partial charge in [-0.1, -0.05) is 76.6 Å². The first kappa shape index (κ1) is 18.3. The van der Waals surface area contributed by atoms with E-state index in [0.29, 0.717) is 0 Å². The molecule has 0 radical (unpaired) electrons. The lowest BCUT2D eigenvalue weighted by Gasteiger charge is -2.23. The van der Waals surface area contributed by atoms with Crippen LogP contribution in [0.5, 0.6) is 0 Å². The third-order valence-electron chi connectivity index (χ3n) is 3.19. The molecule has 0 heterocycles. The van der Waals surface area contributed by atoms with Gasteiger partial charge in [-0.15, -0.1) is 0 Å². The van der Waals surface area contributed by atoms with Crippen molar-refractivity contribution in [1.29, 1.82) is 0 Å². The standard InChI is InChI=1S/C20H22BrNO2/c1-20(2,3)24-19(23)22-18(16-11-7-8-12-17(16)21)14-13-15-9-5-4-6-10-15/h4-14,18H,1-3H3,(H,22,23)/b14-13+/t18-/m1/s1. The molecule has 0 saturated heterocycles. The third-order valence-corrected chi connectivity index (χ3v) is 3.92. The summed E-state index contributed by atoms with van der Waals surface area (Å²) < 4.78 is 6.32. The van der Waals surface area contributed by atoms with E-state index in [1.54, 1.807) is 0 Å². The Morgan fingerprint density at radius 1 is 1.08 bits per heavy atom. The Hall–Kier alpha value is -2.07. The van der Waals surface area contributed by atoms with Gasteiger partial charge in [-0.3, -0.25) is 0 Å². The number of benzene rings is 2. The molecule has 1 atom stereocenters. The second-order valence-electron chi connectivity index (χ2n) is 6.42. The van der Waals surface area contributed by atoms with Gasteiger partial charge in [0.15, 0.2) is 0 Å². The highest BCUT2D eigenvalue weighted by Gasteiger charge is 2.20. The number of rotatable bonds is 4. The summed E-state index contributed by atoms with van der Waals surface area (Å²) in [6, 6.07) is 17.5. The Balaban J connectivity index is 2.23. The highest BCUT2D eigenvalue weighted by atomic mass is 79.9. The normalized spacial score (nSPS) is 12.8. The van der Waals surface area contributed by atoms with Crippen LogP contribution < -0.4 is 5.32 Å². The van der Waals surface area contributed by atoms with E-state index in [2.05, 4.69) is 21.2 Å². The van der Waals surface area contributed by atoms with E-state index in [-0.39, 0.29) is 6.04 Å². The number of halogens is 1. The average Bonchev–Trinajstić information content (AvgIpc) is 2.51. The van der Waals surface area contributed by atoms with Crippen molar-refractivity contribution in [2.75, 3.05) is 0 Å². The summed E-state index contributed by atoms with van der Waals surface area (Å²) in [5.41, 5.74) is 1.50. The van der Waals surface area contributed by atoms with Crippen molar-refractivity contribution < 1.29 is 9.53 Å². The molecule has 0 aliphatic carbocycles. The van der Waals surface area contributed by atoms with E-state index in [4.69, 9.17) is 4.74 Å². The second kappa shape index (κ2) is 8.15. The van der Waals surface area contributed by atoms with Crippen LogP contribution in [0.2, 0.25) is 0 Å². The lowest BCUT2D eigenvalue weighted by atomic mass is 10.1. The molecule has 2 rings (SSSR count). The van der Waals surface area contributed by atoms with E-state index in [1.807, 2.05) is 87.5 Å². The summed E-state index contributed by atoms with van der Waals surface area (Å²) in [4.78, 5) is 12.2. The minimum absolute atomic E-state index is 0.296. The van der Waals surface area contributed by atoms with E-state index < -0.39 is 11.7 Å². The van der Waals surface area contributed by atoms with Crippen LogP contribution in [0.15, 0.2) is 65.1 Å². The summed E-state index contributed by atoms with van der Waals surface area (Å²) in [5.74, 6) is 0. The van der Waals surface area contributed by atoms with Crippen LogP contribution in [-0.2, 0) is 4.74 Å². The predicted octanol–water partition coefficient (Wildman–Crippen LogP) is 5.73. The van der Waals surface area contributed by atoms with Crippen LogP contribution in [-0.4, -0.2) is 11.7 Å². The van der Waals surface area contributed by atoms with Gasteiger partial charge >= 0.3 is 6.09 Å². The fraction of sp³-hybridized carbons (Fsp3) is 0.250. The van der Waals surface area contributed by atoms with Crippen molar-refractivity contribution in [1.82, 2.24) is 5.32 Å². The molecule has 4 heteroatoms. The SMILES string of the molecule is CC(C)(C)OC(=O)N[C@H](/C=C/c1ccccc1)c1ccccc1Br. The van der Waals surface area contributed by atoms with Gasteiger partial charge in [-0.2, -0.15) is 0 Å². The largest absolute Gasteiger partial charge is 0.444 e. The van der Waals surface area contributed by atoms with Crippen molar-refractivity contribution in [2.45, 2.75) is 32.4 Å². The molecule has 126 valence electrons. The topological polar surface area (TPSA) is 38.3 Å². The smallest absolute Gasteiger partial charge is 0.408 e. The van der Waals surface area contributed by atoms with Crippen LogP contribution >= 0.6 is 15.9 Å². The first-order valence-corrected chi connectivity index (χ1v) is 8.62. The zero-order chi connectivity index (χ0) is 17.6. The molecular weight excluding hydrogens is 366 g/mol. The van der Waals surface area contributed by atoms with Gasteiger partial charge in [0.1, 0.15) is 5.60 Å². The van der Waals surface area contributed by atoms with Crippen LogP contribution in [0.1, 0.15) is 37.9 Å². The maximum Gasteiger partial charge on any atom is 0.408 e. The molecule has 0 spiro atoms. The molecule has 0 fully saturated rings. The molecule has 0 bridgehead atoms. The molecule has 0 saturated carbocycles.